The highest BCUT2D eigenvalue weighted by Crippen LogP contribution is 2.59. The van der Waals surface area contributed by atoms with Gasteiger partial charge in [-0.1, -0.05) is 288 Å². The molecule has 0 radical (unpaired) electrons. The summed E-state index contributed by atoms with van der Waals surface area (Å²) in [4.78, 5) is 5.16. The quantitative estimate of drug-likeness (QED) is 0.0791. The first-order valence-electron chi connectivity index (χ1n) is 34.2. The van der Waals surface area contributed by atoms with Gasteiger partial charge in [-0.05, 0) is 198 Å². The first-order valence-corrected chi connectivity index (χ1v) is 34.2. The van der Waals surface area contributed by atoms with Gasteiger partial charge >= 0.3 is 0 Å². The molecule has 93 heavy (non-hydrogen) atoms. The smallest absolute Gasteiger partial charge is 0.0713 e. The third kappa shape index (κ3) is 8.96. The van der Waals surface area contributed by atoms with Crippen molar-refractivity contribution in [3.05, 3.63) is 365 Å². The van der Waals surface area contributed by atoms with E-state index in [-0.39, 0.29) is 0 Å². The Morgan fingerprint density at radius 3 is 1.26 bits per heavy atom. The second-order valence-electron chi connectivity index (χ2n) is 26.6. The summed E-state index contributed by atoms with van der Waals surface area (Å²) in [6, 6.07) is 106. The van der Waals surface area contributed by atoms with Crippen LogP contribution in [-0.4, -0.2) is 0 Å². The standard InChI is InChI=1S/C91H76N2/c1-3-65(90(66-34-14-6-15-35-66)82-46-26-22-42-72(82)73-43-23-27-47-83(73)90)51-50-62(2)92(69-38-18-8-19-39-69)86-60-80(63-30-10-4-11-31-63)76-57-59-79-87(61-81(64-32-12-5-13-33-64)77-56-58-78(86)88(76)89(77)79)93(70-40-20-9-21-41-70)71-54-52-68(53-55-71)91(67-36-16-7-17-37-67)84-48-28-24-44-74(84)75-45-25-29-49-85(75)91/h3,6-9,14-29,34-61,63-64H,1,4-5,10-13,30-33H2,2H3/b62-50+,65-51+. The Hall–Kier alpha value is -10.3. The molecule has 13 aromatic rings. The van der Waals surface area contributed by atoms with Crippen LogP contribution in [0.3, 0.4) is 0 Å². The predicted molar refractivity (Wildman–Crippen MR) is 393 cm³/mol. The molecule has 0 aliphatic heterocycles. The highest BCUT2D eigenvalue weighted by molar-refractivity contribution is 6.29. The lowest BCUT2D eigenvalue weighted by atomic mass is 9.67. The zero-order chi connectivity index (χ0) is 62.0. The van der Waals surface area contributed by atoms with Crippen LogP contribution in [0.2, 0.25) is 0 Å². The molecular formula is C91H76N2. The van der Waals surface area contributed by atoms with E-state index in [4.69, 9.17) is 0 Å². The number of benzene rings is 13. The van der Waals surface area contributed by atoms with Crippen LogP contribution in [0.1, 0.15) is 133 Å². The normalized spacial score (nSPS) is 16.1. The lowest BCUT2D eigenvalue weighted by Gasteiger charge is -2.35. The van der Waals surface area contributed by atoms with Crippen molar-refractivity contribution >= 4 is 60.8 Å². The molecule has 2 heteroatoms. The first-order chi connectivity index (χ1) is 46.0. The second-order valence-corrected chi connectivity index (χ2v) is 26.6. The summed E-state index contributed by atoms with van der Waals surface area (Å²) >= 11 is 0. The van der Waals surface area contributed by atoms with Gasteiger partial charge in [-0.3, -0.25) is 0 Å². The van der Waals surface area contributed by atoms with Crippen molar-refractivity contribution in [2.75, 3.05) is 9.80 Å². The van der Waals surface area contributed by atoms with Crippen molar-refractivity contribution in [2.24, 2.45) is 0 Å². The topological polar surface area (TPSA) is 6.48 Å². The van der Waals surface area contributed by atoms with Gasteiger partial charge in [0.25, 0.3) is 0 Å². The van der Waals surface area contributed by atoms with Gasteiger partial charge in [0.15, 0.2) is 0 Å². The third-order valence-corrected chi connectivity index (χ3v) is 21.9. The molecule has 17 rings (SSSR count). The first kappa shape index (κ1) is 56.7. The Labute approximate surface area is 548 Å². The minimum Gasteiger partial charge on any atom is -0.314 e. The average Bonchev–Trinajstić information content (AvgIpc) is 1.71. The van der Waals surface area contributed by atoms with Gasteiger partial charge in [0.05, 0.1) is 22.2 Å². The van der Waals surface area contributed by atoms with Crippen molar-refractivity contribution in [1.82, 2.24) is 0 Å². The van der Waals surface area contributed by atoms with Gasteiger partial charge in [0, 0.05) is 33.5 Å². The summed E-state index contributed by atoms with van der Waals surface area (Å²) < 4.78 is 0. The van der Waals surface area contributed by atoms with Crippen LogP contribution in [0.25, 0.3) is 54.6 Å². The summed E-state index contributed by atoms with van der Waals surface area (Å²) in [6.45, 7) is 6.97. The van der Waals surface area contributed by atoms with Crippen molar-refractivity contribution < 1.29 is 0 Å². The number of hydrogen-bond donors (Lipinski definition) is 0. The molecule has 450 valence electrons. The number of fused-ring (bicyclic) bond motifs is 6. The van der Waals surface area contributed by atoms with Crippen LogP contribution in [-0.2, 0) is 10.8 Å². The van der Waals surface area contributed by atoms with Gasteiger partial charge in [-0.25, -0.2) is 0 Å². The minimum atomic E-state index is -0.576. The van der Waals surface area contributed by atoms with E-state index >= 15 is 0 Å². The lowest BCUT2D eigenvalue weighted by molar-refractivity contribution is 0.445. The van der Waals surface area contributed by atoms with Crippen LogP contribution < -0.4 is 9.80 Å². The fourth-order valence-electron chi connectivity index (χ4n) is 17.9. The van der Waals surface area contributed by atoms with Gasteiger partial charge < -0.3 is 9.80 Å². The van der Waals surface area contributed by atoms with E-state index in [0.717, 1.165) is 28.3 Å². The predicted octanol–water partition coefficient (Wildman–Crippen LogP) is 24.7. The molecule has 0 N–H and O–H groups in total. The van der Waals surface area contributed by atoms with E-state index in [1.807, 2.05) is 0 Å². The van der Waals surface area contributed by atoms with Gasteiger partial charge in [-0.2, -0.15) is 0 Å². The monoisotopic (exact) mass is 1200 g/mol. The van der Waals surface area contributed by atoms with Crippen molar-refractivity contribution in [3.63, 3.8) is 0 Å². The summed E-state index contributed by atoms with van der Waals surface area (Å²) in [5.41, 5.74) is 24.2. The van der Waals surface area contributed by atoms with E-state index in [1.165, 1.54) is 180 Å². The zero-order valence-corrected chi connectivity index (χ0v) is 53.1. The molecule has 2 saturated carbocycles. The van der Waals surface area contributed by atoms with E-state index in [0.29, 0.717) is 11.8 Å². The molecule has 2 nitrogen and oxygen atoms in total. The maximum absolute atomic E-state index is 4.65. The Morgan fingerprint density at radius 2 is 0.753 bits per heavy atom. The number of para-hydroxylation sites is 2. The average molecular weight is 1200 g/mol. The lowest BCUT2D eigenvalue weighted by Crippen LogP contribution is -2.29. The van der Waals surface area contributed by atoms with Crippen LogP contribution in [0.4, 0.5) is 28.4 Å². The summed E-state index contributed by atoms with van der Waals surface area (Å²) in [5, 5.41) is 8.12. The SMILES string of the molecule is C=C/C(=C\C=C(/C)N(c1ccccc1)c1cc(C2CCCCC2)c2ccc3c(N(c4ccccc4)c4ccc(C5(c6ccccc6)c6ccccc6-c6ccccc65)cc4)cc(C4CCCCC4)c4ccc1c2c43)C1(c2ccccc2)c2ccccc2-c2ccccc21. The van der Waals surface area contributed by atoms with Crippen LogP contribution in [0, 0.1) is 0 Å². The number of allylic oxidation sites excluding steroid dienone is 5. The van der Waals surface area contributed by atoms with E-state index in [9.17, 15) is 0 Å². The molecule has 0 heterocycles. The molecule has 13 aromatic carbocycles. The highest BCUT2D eigenvalue weighted by Gasteiger charge is 2.48. The molecule has 4 aliphatic rings. The fraction of sp³-hybridized carbons (Fsp3) is 0.165. The van der Waals surface area contributed by atoms with E-state index in [2.05, 4.69) is 321 Å². The Balaban J connectivity index is 0.897. The fourth-order valence-corrected chi connectivity index (χ4v) is 17.9. The number of nitrogens with zero attached hydrogens (tertiary/aromatic N) is 2. The van der Waals surface area contributed by atoms with E-state index < -0.39 is 10.8 Å². The maximum Gasteiger partial charge on any atom is 0.0713 e. The van der Waals surface area contributed by atoms with Crippen molar-refractivity contribution in [3.8, 4) is 22.3 Å². The van der Waals surface area contributed by atoms with Gasteiger partial charge in [-0.15, -0.1) is 0 Å². The summed E-state index contributed by atoms with van der Waals surface area (Å²) in [7, 11) is 0. The number of anilines is 5. The molecule has 0 saturated heterocycles. The van der Waals surface area contributed by atoms with E-state index in [1.54, 1.807) is 0 Å². The Morgan fingerprint density at radius 1 is 0.366 bits per heavy atom. The molecule has 4 aliphatic carbocycles. The van der Waals surface area contributed by atoms with Gasteiger partial charge in [0.1, 0.15) is 0 Å². The van der Waals surface area contributed by atoms with Crippen molar-refractivity contribution in [2.45, 2.75) is 93.8 Å². The highest BCUT2D eigenvalue weighted by atomic mass is 15.2. The summed E-state index contributed by atoms with van der Waals surface area (Å²) in [6.07, 6.45) is 19.2. The largest absolute Gasteiger partial charge is 0.314 e. The number of hydrogen-bond acceptors (Lipinski definition) is 2. The third-order valence-electron chi connectivity index (χ3n) is 21.9. The molecule has 0 spiro atoms. The molecule has 0 amide bonds. The molecule has 0 atom stereocenters. The zero-order valence-electron chi connectivity index (χ0n) is 53.1. The molecular weight excluding hydrogens is 1120 g/mol. The minimum absolute atomic E-state index is 0.444. The number of rotatable bonds is 14. The molecule has 0 aromatic heterocycles. The molecule has 2 fully saturated rings. The van der Waals surface area contributed by atoms with Crippen LogP contribution in [0.5, 0.6) is 0 Å². The second kappa shape index (κ2) is 23.4. The Bertz CT molecular complexity index is 4910. The van der Waals surface area contributed by atoms with Crippen LogP contribution >= 0.6 is 0 Å². The maximum atomic E-state index is 4.65. The Kier molecular flexibility index (Phi) is 14.3. The molecule has 0 unspecified atom stereocenters. The summed E-state index contributed by atoms with van der Waals surface area (Å²) in [5.74, 6) is 0.890. The van der Waals surface area contributed by atoms with Gasteiger partial charge in [0.2, 0.25) is 0 Å². The van der Waals surface area contributed by atoms with Crippen LogP contribution in [0.15, 0.2) is 315 Å². The van der Waals surface area contributed by atoms with Crippen molar-refractivity contribution in [1.29, 1.82) is 0 Å². The molecule has 0 bridgehead atoms.